The van der Waals surface area contributed by atoms with E-state index in [0.717, 1.165) is 5.56 Å². The minimum absolute atomic E-state index is 0.0832. The Morgan fingerprint density at radius 3 is 1.79 bits per heavy atom. The lowest BCUT2D eigenvalue weighted by molar-refractivity contribution is -0.179. The molecule has 6 nitrogen and oxygen atoms in total. The Balaban J connectivity index is 2.43. The van der Waals surface area contributed by atoms with Crippen molar-refractivity contribution in [3.63, 3.8) is 0 Å². The van der Waals surface area contributed by atoms with Crippen LogP contribution in [0.3, 0.4) is 0 Å². The average molecular weight is 407 g/mol. The number of esters is 2. The van der Waals surface area contributed by atoms with Crippen LogP contribution in [0.2, 0.25) is 0 Å². The maximum absolute atomic E-state index is 13.0. The monoisotopic (exact) mass is 406 g/mol. The predicted octanol–water partition coefficient (Wildman–Crippen LogP) is 4.22. The molecule has 1 heterocycles. The van der Waals surface area contributed by atoms with Crippen LogP contribution < -0.4 is 0 Å². The van der Waals surface area contributed by atoms with Crippen LogP contribution in [-0.2, 0) is 28.5 Å². The second kappa shape index (κ2) is 9.72. The zero-order valence-corrected chi connectivity index (χ0v) is 18.5. The van der Waals surface area contributed by atoms with Gasteiger partial charge in [0.05, 0.1) is 24.4 Å². The van der Waals surface area contributed by atoms with Crippen molar-refractivity contribution in [3.05, 3.63) is 35.9 Å². The first kappa shape index (κ1) is 23.4. The zero-order chi connectivity index (χ0) is 21.8. The molecule has 0 saturated carbocycles. The summed E-state index contributed by atoms with van der Waals surface area (Å²) >= 11 is 0. The van der Waals surface area contributed by atoms with Crippen LogP contribution in [-0.4, -0.2) is 42.1 Å². The number of benzene rings is 1. The molecule has 0 bridgehead atoms. The van der Waals surface area contributed by atoms with Gasteiger partial charge in [0.25, 0.3) is 0 Å². The van der Waals surface area contributed by atoms with Crippen molar-refractivity contribution in [2.75, 3.05) is 0 Å². The molecular weight excluding hydrogens is 372 g/mol. The number of carbonyl (C=O) groups excluding carboxylic acids is 2. The highest BCUT2D eigenvalue weighted by Crippen LogP contribution is 2.41. The smallest absolute Gasteiger partial charge is 0.321 e. The van der Waals surface area contributed by atoms with Crippen molar-refractivity contribution in [2.24, 2.45) is 5.92 Å². The molecule has 0 aromatic heterocycles. The third-order valence-electron chi connectivity index (χ3n) is 4.96. The van der Waals surface area contributed by atoms with Gasteiger partial charge in [-0.1, -0.05) is 30.3 Å². The summed E-state index contributed by atoms with van der Waals surface area (Å²) in [5.41, 5.74) is 0.833. The zero-order valence-electron chi connectivity index (χ0n) is 18.5. The standard InChI is InChI=1S/C23H34O6/c1-14(2)26-21(24)20(22(25)27-15(3)4)19(18-11-9-8-10-12-18)13-23(7)28-16(5)17(6)29-23/h8-12,14-17,19-20H,13H2,1-7H3/t16-,17-,19-/m1/s1. The van der Waals surface area contributed by atoms with Gasteiger partial charge in [0.1, 0.15) is 0 Å². The van der Waals surface area contributed by atoms with Gasteiger partial charge in [-0.25, -0.2) is 0 Å². The summed E-state index contributed by atoms with van der Waals surface area (Å²) in [6.07, 6.45) is -0.539. The summed E-state index contributed by atoms with van der Waals surface area (Å²) in [6, 6.07) is 9.45. The molecule has 0 amide bonds. The van der Waals surface area contributed by atoms with Crippen LogP contribution in [0, 0.1) is 5.92 Å². The van der Waals surface area contributed by atoms with Crippen LogP contribution in [0.1, 0.15) is 66.4 Å². The van der Waals surface area contributed by atoms with Gasteiger partial charge >= 0.3 is 11.9 Å². The molecule has 29 heavy (non-hydrogen) atoms. The first-order valence-electron chi connectivity index (χ1n) is 10.3. The molecule has 3 atom stereocenters. The Labute approximate surface area is 173 Å². The summed E-state index contributed by atoms with van der Waals surface area (Å²) in [5.74, 6) is -3.74. The summed E-state index contributed by atoms with van der Waals surface area (Å²) < 4.78 is 23.0. The Morgan fingerprint density at radius 2 is 1.38 bits per heavy atom. The van der Waals surface area contributed by atoms with Crippen molar-refractivity contribution in [1.29, 1.82) is 0 Å². The molecule has 0 N–H and O–H groups in total. The van der Waals surface area contributed by atoms with E-state index in [-0.39, 0.29) is 24.4 Å². The Hall–Kier alpha value is -1.92. The number of carbonyl (C=O) groups is 2. The van der Waals surface area contributed by atoms with E-state index in [0.29, 0.717) is 6.42 Å². The van der Waals surface area contributed by atoms with Gasteiger partial charge in [0.2, 0.25) is 0 Å². The fourth-order valence-corrected chi connectivity index (χ4v) is 3.67. The molecule has 0 aliphatic carbocycles. The van der Waals surface area contributed by atoms with Gasteiger partial charge in [-0.15, -0.1) is 0 Å². The molecule has 1 aliphatic rings. The fourth-order valence-electron chi connectivity index (χ4n) is 3.67. The molecule has 0 radical (unpaired) electrons. The van der Waals surface area contributed by atoms with E-state index < -0.39 is 29.6 Å². The molecule has 0 spiro atoms. The highest BCUT2D eigenvalue weighted by atomic mass is 16.8. The maximum Gasteiger partial charge on any atom is 0.321 e. The molecule has 0 unspecified atom stereocenters. The second-order valence-electron chi connectivity index (χ2n) is 8.45. The lowest BCUT2D eigenvalue weighted by atomic mass is 9.81. The number of rotatable bonds is 8. The van der Waals surface area contributed by atoms with E-state index in [1.54, 1.807) is 27.7 Å². The van der Waals surface area contributed by atoms with Crippen molar-refractivity contribution in [1.82, 2.24) is 0 Å². The molecule has 2 rings (SSSR count). The highest BCUT2D eigenvalue weighted by molar-refractivity contribution is 5.96. The molecule has 6 heteroatoms. The molecule has 1 aromatic rings. The number of hydrogen-bond acceptors (Lipinski definition) is 6. The molecular formula is C23H34O6. The van der Waals surface area contributed by atoms with E-state index in [1.165, 1.54) is 0 Å². The molecule has 162 valence electrons. The summed E-state index contributed by atoms with van der Waals surface area (Å²) in [6.45, 7) is 12.8. The van der Waals surface area contributed by atoms with Crippen molar-refractivity contribution < 1.29 is 28.5 Å². The van der Waals surface area contributed by atoms with Gasteiger partial charge in [0.15, 0.2) is 11.7 Å². The maximum atomic E-state index is 13.0. The molecule has 1 saturated heterocycles. The normalized spacial score (nSPS) is 22.1. The Morgan fingerprint density at radius 1 is 0.931 bits per heavy atom. The first-order chi connectivity index (χ1) is 13.5. The molecule has 1 aliphatic heterocycles. The molecule has 1 aromatic carbocycles. The van der Waals surface area contributed by atoms with Gasteiger partial charge < -0.3 is 18.9 Å². The van der Waals surface area contributed by atoms with Crippen LogP contribution >= 0.6 is 0 Å². The van der Waals surface area contributed by atoms with Crippen LogP contribution in [0.15, 0.2) is 30.3 Å². The minimum Gasteiger partial charge on any atom is -0.462 e. The fraction of sp³-hybridized carbons (Fsp3) is 0.652. The van der Waals surface area contributed by atoms with Crippen molar-refractivity contribution in [3.8, 4) is 0 Å². The quantitative estimate of drug-likeness (QED) is 0.475. The van der Waals surface area contributed by atoms with Gasteiger partial charge in [-0.3, -0.25) is 9.59 Å². The third-order valence-corrected chi connectivity index (χ3v) is 4.96. The summed E-state index contributed by atoms with van der Waals surface area (Å²) in [7, 11) is 0. The number of hydrogen-bond donors (Lipinski definition) is 0. The van der Waals surface area contributed by atoms with E-state index in [4.69, 9.17) is 18.9 Å². The number of ether oxygens (including phenoxy) is 4. The SMILES string of the molecule is CC(C)OC(=O)C(C(=O)OC(C)C)[C@H](CC1(C)O[C@H](C)[C@@H](C)O1)c1ccccc1. The van der Waals surface area contributed by atoms with E-state index in [1.807, 2.05) is 51.1 Å². The van der Waals surface area contributed by atoms with Crippen molar-refractivity contribution in [2.45, 2.75) is 91.0 Å². The Bertz CT molecular complexity index is 652. The van der Waals surface area contributed by atoms with Crippen LogP contribution in [0.25, 0.3) is 0 Å². The first-order valence-corrected chi connectivity index (χ1v) is 10.3. The molecule has 1 fully saturated rings. The van der Waals surface area contributed by atoms with E-state index >= 15 is 0 Å². The third kappa shape index (κ3) is 6.28. The van der Waals surface area contributed by atoms with Crippen LogP contribution in [0.4, 0.5) is 0 Å². The van der Waals surface area contributed by atoms with E-state index in [2.05, 4.69) is 0 Å². The highest BCUT2D eigenvalue weighted by Gasteiger charge is 2.47. The van der Waals surface area contributed by atoms with E-state index in [9.17, 15) is 9.59 Å². The summed E-state index contributed by atoms with van der Waals surface area (Å²) in [5, 5.41) is 0. The second-order valence-corrected chi connectivity index (χ2v) is 8.45. The Kier molecular flexibility index (Phi) is 7.83. The summed E-state index contributed by atoms with van der Waals surface area (Å²) in [4.78, 5) is 26.0. The van der Waals surface area contributed by atoms with Gasteiger partial charge in [-0.05, 0) is 54.0 Å². The lowest BCUT2D eigenvalue weighted by Gasteiger charge is -2.32. The van der Waals surface area contributed by atoms with Gasteiger partial charge in [-0.2, -0.15) is 0 Å². The average Bonchev–Trinajstić information content (AvgIpc) is 2.86. The topological polar surface area (TPSA) is 71.1 Å². The lowest BCUT2D eigenvalue weighted by Crippen LogP contribution is -2.39. The van der Waals surface area contributed by atoms with Crippen LogP contribution in [0.5, 0.6) is 0 Å². The van der Waals surface area contributed by atoms with Gasteiger partial charge in [0, 0.05) is 12.3 Å². The van der Waals surface area contributed by atoms with Crippen molar-refractivity contribution >= 4 is 11.9 Å². The minimum atomic E-state index is -1.11. The predicted molar refractivity (Wildman–Crippen MR) is 109 cm³/mol. The largest absolute Gasteiger partial charge is 0.462 e.